The Morgan fingerprint density at radius 3 is 2.37 bits per heavy atom. The van der Waals surface area contributed by atoms with E-state index in [1.807, 2.05) is 60.7 Å². The van der Waals surface area contributed by atoms with Gasteiger partial charge in [-0.15, -0.1) is 0 Å². The van der Waals surface area contributed by atoms with Gasteiger partial charge >= 0.3 is 0 Å². The predicted molar refractivity (Wildman–Crippen MR) is 114 cm³/mol. The van der Waals surface area contributed by atoms with Crippen LogP contribution < -0.4 is 5.32 Å². The van der Waals surface area contributed by atoms with E-state index < -0.39 is 9.84 Å². The first-order chi connectivity index (χ1) is 14.5. The summed E-state index contributed by atoms with van der Waals surface area (Å²) < 4.78 is 26.4. The monoisotopic (exact) mass is 421 g/mol. The van der Waals surface area contributed by atoms with Gasteiger partial charge in [0.2, 0.25) is 0 Å². The molecule has 0 unspecified atom stereocenters. The SMILES string of the molecule is O=C(NC1(c2ccccc2)CC1)c1nn(Cc2ccccc2)c2c1CS(=O)(=O)CC2. The van der Waals surface area contributed by atoms with E-state index >= 15 is 0 Å². The molecular formula is C23H23N3O3S. The second-order valence-corrected chi connectivity index (χ2v) is 10.3. The molecule has 3 aromatic rings. The molecule has 1 fully saturated rings. The van der Waals surface area contributed by atoms with Gasteiger partial charge in [-0.05, 0) is 24.0 Å². The quantitative estimate of drug-likeness (QED) is 0.687. The molecule has 7 heteroatoms. The maximum atomic E-state index is 13.2. The minimum atomic E-state index is -3.23. The Kier molecular flexibility index (Phi) is 4.50. The minimum absolute atomic E-state index is 0.0928. The molecule has 2 heterocycles. The molecule has 5 rings (SSSR count). The van der Waals surface area contributed by atoms with Crippen LogP contribution in [-0.2, 0) is 34.1 Å². The zero-order valence-electron chi connectivity index (χ0n) is 16.5. The van der Waals surface area contributed by atoms with Crippen LogP contribution in [-0.4, -0.2) is 29.9 Å². The topological polar surface area (TPSA) is 81.1 Å². The molecule has 2 aromatic carbocycles. The van der Waals surface area contributed by atoms with Gasteiger partial charge in [0.25, 0.3) is 5.91 Å². The summed E-state index contributed by atoms with van der Waals surface area (Å²) >= 11 is 0. The van der Waals surface area contributed by atoms with Crippen LogP contribution >= 0.6 is 0 Å². The van der Waals surface area contributed by atoms with Gasteiger partial charge in [-0.1, -0.05) is 60.7 Å². The van der Waals surface area contributed by atoms with Crippen molar-refractivity contribution in [1.29, 1.82) is 0 Å². The zero-order valence-corrected chi connectivity index (χ0v) is 17.4. The first-order valence-corrected chi connectivity index (χ1v) is 12.0. The third-order valence-corrected chi connectivity index (χ3v) is 7.55. The van der Waals surface area contributed by atoms with E-state index in [1.54, 1.807) is 4.68 Å². The second kappa shape index (κ2) is 7.09. The number of nitrogens with zero attached hydrogens (tertiary/aromatic N) is 2. The van der Waals surface area contributed by atoms with Gasteiger partial charge in [0, 0.05) is 17.7 Å². The van der Waals surface area contributed by atoms with E-state index in [9.17, 15) is 13.2 Å². The van der Waals surface area contributed by atoms with Crippen molar-refractivity contribution in [3.05, 3.63) is 88.7 Å². The van der Waals surface area contributed by atoms with E-state index in [2.05, 4.69) is 10.4 Å². The van der Waals surface area contributed by atoms with Crippen LogP contribution in [0.4, 0.5) is 0 Å². The van der Waals surface area contributed by atoms with E-state index in [-0.39, 0.29) is 28.6 Å². The Hall–Kier alpha value is -2.93. The van der Waals surface area contributed by atoms with Gasteiger partial charge in [-0.2, -0.15) is 5.10 Å². The second-order valence-electron chi connectivity index (χ2n) is 8.16. The fourth-order valence-corrected chi connectivity index (χ4v) is 5.62. The molecule has 154 valence electrons. The highest BCUT2D eigenvalue weighted by Gasteiger charge is 2.46. The summed E-state index contributed by atoms with van der Waals surface area (Å²) in [4.78, 5) is 13.2. The normalized spacial score (nSPS) is 18.4. The average molecular weight is 422 g/mol. The molecule has 1 aromatic heterocycles. The predicted octanol–water partition coefficient (Wildman–Crippen LogP) is 2.82. The van der Waals surface area contributed by atoms with Crippen molar-refractivity contribution in [2.45, 2.75) is 37.1 Å². The summed E-state index contributed by atoms with van der Waals surface area (Å²) in [6.07, 6.45) is 2.12. The van der Waals surface area contributed by atoms with Crippen molar-refractivity contribution in [2.75, 3.05) is 5.75 Å². The number of sulfone groups is 1. The Morgan fingerprint density at radius 1 is 1.03 bits per heavy atom. The first-order valence-electron chi connectivity index (χ1n) is 10.2. The number of nitrogens with one attached hydrogen (secondary N) is 1. The maximum absolute atomic E-state index is 13.2. The number of fused-ring (bicyclic) bond motifs is 1. The van der Waals surface area contributed by atoms with Crippen molar-refractivity contribution >= 4 is 15.7 Å². The third-order valence-electron chi connectivity index (χ3n) is 6.00. The maximum Gasteiger partial charge on any atom is 0.272 e. The lowest BCUT2D eigenvalue weighted by Crippen LogP contribution is -2.36. The van der Waals surface area contributed by atoms with Gasteiger partial charge in [0.05, 0.1) is 23.6 Å². The lowest BCUT2D eigenvalue weighted by Gasteiger charge is -2.18. The van der Waals surface area contributed by atoms with Crippen molar-refractivity contribution in [1.82, 2.24) is 15.1 Å². The third kappa shape index (κ3) is 3.54. The molecule has 1 aliphatic heterocycles. The molecule has 30 heavy (non-hydrogen) atoms. The molecule has 0 bridgehead atoms. The average Bonchev–Trinajstić information content (AvgIpc) is 3.44. The molecule has 1 amide bonds. The first kappa shape index (κ1) is 19.1. The summed E-state index contributed by atoms with van der Waals surface area (Å²) in [6.45, 7) is 0.514. The van der Waals surface area contributed by atoms with Gasteiger partial charge in [-0.3, -0.25) is 9.48 Å². The van der Waals surface area contributed by atoms with Crippen LogP contribution in [0.5, 0.6) is 0 Å². The number of aromatic nitrogens is 2. The minimum Gasteiger partial charge on any atom is -0.341 e. The van der Waals surface area contributed by atoms with Gasteiger partial charge in [0.15, 0.2) is 15.5 Å². The van der Waals surface area contributed by atoms with Crippen molar-refractivity contribution in [3.8, 4) is 0 Å². The molecule has 1 N–H and O–H groups in total. The smallest absolute Gasteiger partial charge is 0.272 e. The number of carbonyl (C=O) groups excluding carboxylic acids is 1. The van der Waals surface area contributed by atoms with Crippen LogP contribution in [0.25, 0.3) is 0 Å². The standard InChI is InChI=1S/C23H23N3O3S/c27-22(24-23(12-13-23)18-9-5-2-6-10-18)21-19-16-30(28,29)14-11-20(19)26(25-21)15-17-7-3-1-4-8-17/h1-10H,11-16H2,(H,24,27). The largest absolute Gasteiger partial charge is 0.341 e. The van der Waals surface area contributed by atoms with E-state index in [1.165, 1.54) is 0 Å². The summed E-state index contributed by atoms with van der Waals surface area (Å²) in [5.74, 6) is -0.329. The fourth-order valence-electron chi connectivity index (χ4n) is 4.22. The number of hydrogen-bond donors (Lipinski definition) is 1. The van der Waals surface area contributed by atoms with Gasteiger partial charge in [-0.25, -0.2) is 8.42 Å². The highest BCUT2D eigenvalue weighted by Crippen LogP contribution is 2.45. The van der Waals surface area contributed by atoms with Crippen LogP contribution in [0.2, 0.25) is 0 Å². The Labute approximate surface area is 175 Å². The lowest BCUT2D eigenvalue weighted by molar-refractivity contribution is 0.0924. The van der Waals surface area contributed by atoms with Crippen LogP contribution in [0, 0.1) is 0 Å². The Bertz CT molecular complexity index is 1200. The van der Waals surface area contributed by atoms with Gasteiger partial charge in [0.1, 0.15) is 0 Å². The van der Waals surface area contributed by atoms with Crippen molar-refractivity contribution in [2.24, 2.45) is 0 Å². The molecule has 1 aliphatic carbocycles. The van der Waals surface area contributed by atoms with Gasteiger partial charge < -0.3 is 5.32 Å². The summed E-state index contributed by atoms with van der Waals surface area (Å²) in [7, 11) is -3.23. The molecule has 0 spiro atoms. The summed E-state index contributed by atoms with van der Waals surface area (Å²) in [5.41, 5.74) is 3.41. The van der Waals surface area contributed by atoms with E-state index in [0.29, 0.717) is 18.5 Å². The highest BCUT2D eigenvalue weighted by atomic mass is 32.2. The van der Waals surface area contributed by atoms with Crippen LogP contribution in [0.15, 0.2) is 60.7 Å². The fraction of sp³-hybridized carbons (Fsp3) is 0.304. The number of amides is 1. The van der Waals surface area contributed by atoms with Crippen LogP contribution in [0.3, 0.4) is 0 Å². The Balaban J connectivity index is 1.49. The molecule has 2 aliphatic rings. The summed E-state index contributed by atoms with van der Waals surface area (Å²) in [6, 6.07) is 19.8. The van der Waals surface area contributed by atoms with Crippen molar-refractivity contribution < 1.29 is 13.2 Å². The van der Waals surface area contributed by atoms with E-state index in [0.717, 1.165) is 29.7 Å². The number of hydrogen-bond acceptors (Lipinski definition) is 4. The highest BCUT2D eigenvalue weighted by molar-refractivity contribution is 7.90. The van der Waals surface area contributed by atoms with Crippen LogP contribution in [0.1, 0.15) is 45.7 Å². The summed E-state index contributed by atoms with van der Waals surface area (Å²) in [5, 5.41) is 7.74. The zero-order chi connectivity index (χ0) is 20.8. The van der Waals surface area contributed by atoms with Crippen molar-refractivity contribution in [3.63, 3.8) is 0 Å². The molecule has 6 nitrogen and oxygen atoms in total. The number of rotatable bonds is 5. The number of benzene rings is 2. The molecule has 0 atom stereocenters. The molecule has 0 saturated heterocycles. The number of carbonyl (C=O) groups is 1. The van der Waals surface area contributed by atoms with E-state index in [4.69, 9.17) is 0 Å². The molecule has 1 saturated carbocycles. The Morgan fingerprint density at radius 2 is 1.70 bits per heavy atom. The lowest BCUT2D eigenvalue weighted by atomic mass is 10.0. The molecular weight excluding hydrogens is 398 g/mol. The molecule has 0 radical (unpaired) electrons.